The van der Waals surface area contributed by atoms with E-state index >= 15 is 0 Å². The topological polar surface area (TPSA) is 82.1 Å². The number of nitrogens with one attached hydrogen (secondary N) is 1. The number of aromatic amines is 1. The summed E-state index contributed by atoms with van der Waals surface area (Å²) < 4.78 is 0. The largest absolute Gasteiger partial charge is 0.508 e. The highest BCUT2D eigenvalue weighted by atomic mass is 16.3. The van der Waals surface area contributed by atoms with Crippen molar-refractivity contribution in [2.45, 2.75) is 32.2 Å². The van der Waals surface area contributed by atoms with Crippen LogP contribution in [0.3, 0.4) is 0 Å². The SMILES string of the molecule is CCCC[C@H](c1cccnc1)N(C)C(=O)c1cc(-c2ccc(O)cc2)n[nH]1. The highest BCUT2D eigenvalue weighted by molar-refractivity contribution is 5.93. The standard InChI is InChI=1S/C21H24N4O2/c1-3-4-7-20(16-6-5-12-22-14-16)25(2)21(27)19-13-18(23-24-19)15-8-10-17(26)11-9-15/h5-6,8-14,20,26H,3-4,7H2,1-2H3,(H,23,24)/t20-/m1/s1. The van der Waals surface area contributed by atoms with Crippen LogP contribution in [0.4, 0.5) is 0 Å². The molecular formula is C21H24N4O2. The number of pyridine rings is 1. The van der Waals surface area contributed by atoms with Crippen molar-refractivity contribution in [3.63, 3.8) is 0 Å². The van der Waals surface area contributed by atoms with E-state index in [1.165, 1.54) is 0 Å². The minimum absolute atomic E-state index is 0.0356. The lowest BCUT2D eigenvalue weighted by Gasteiger charge is -2.28. The average Bonchev–Trinajstić information content (AvgIpc) is 3.19. The fourth-order valence-corrected chi connectivity index (χ4v) is 3.10. The first-order chi connectivity index (χ1) is 13.1. The molecule has 0 saturated carbocycles. The Labute approximate surface area is 158 Å². The van der Waals surface area contributed by atoms with E-state index < -0.39 is 0 Å². The van der Waals surface area contributed by atoms with Gasteiger partial charge in [0.1, 0.15) is 11.4 Å². The summed E-state index contributed by atoms with van der Waals surface area (Å²) in [6.07, 6.45) is 6.52. The van der Waals surface area contributed by atoms with E-state index in [1.54, 1.807) is 41.4 Å². The van der Waals surface area contributed by atoms with Gasteiger partial charge < -0.3 is 10.0 Å². The predicted molar refractivity (Wildman–Crippen MR) is 104 cm³/mol. The highest BCUT2D eigenvalue weighted by Crippen LogP contribution is 2.27. The van der Waals surface area contributed by atoms with E-state index in [0.29, 0.717) is 11.4 Å². The molecule has 2 N–H and O–H groups in total. The van der Waals surface area contributed by atoms with Crippen molar-refractivity contribution in [1.29, 1.82) is 0 Å². The van der Waals surface area contributed by atoms with Crippen LogP contribution in [0.25, 0.3) is 11.3 Å². The molecule has 0 fully saturated rings. The smallest absolute Gasteiger partial charge is 0.272 e. The third kappa shape index (κ3) is 4.34. The number of phenols is 1. The van der Waals surface area contributed by atoms with Gasteiger partial charge in [-0.05, 0) is 48.4 Å². The van der Waals surface area contributed by atoms with Gasteiger partial charge in [0.25, 0.3) is 5.91 Å². The molecule has 1 aromatic carbocycles. The maximum Gasteiger partial charge on any atom is 0.272 e. The van der Waals surface area contributed by atoms with Crippen molar-refractivity contribution >= 4 is 5.91 Å². The van der Waals surface area contributed by atoms with Gasteiger partial charge in [-0.1, -0.05) is 25.8 Å². The number of hydrogen-bond donors (Lipinski definition) is 2. The van der Waals surface area contributed by atoms with Crippen LogP contribution in [0, 0.1) is 0 Å². The number of hydrogen-bond acceptors (Lipinski definition) is 4. The van der Waals surface area contributed by atoms with Gasteiger partial charge in [-0.3, -0.25) is 14.9 Å². The third-order valence-electron chi connectivity index (χ3n) is 4.66. The zero-order valence-electron chi connectivity index (χ0n) is 15.6. The number of aromatic hydroxyl groups is 1. The lowest BCUT2D eigenvalue weighted by atomic mass is 10.0. The Morgan fingerprint density at radius 1 is 1.26 bits per heavy atom. The molecule has 27 heavy (non-hydrogen) atoms. The molecule has 0 radical (unpaired) electrons. The van der Waals surface area contributed by atoms with Gasteiger partial charge in [0.05, 0.1) is 11.7 Å². The Morgan fingerprint density at radius 2 is 2.04 bits per heavy atom. The van der Waals surface area contributed by atoms with Crippen molar-refractivity contribution in [1.82, 2.24) is 20.1 Å². The van der Waals surface area contributed by atoms with Gasteiger partial charge >= 0.3 is 0 Å². The molecule has 2 aromatic heterocycles. The molecule has 1 amide bonds. The summed E-state index contributed by atoms with van der Waals surface area (Å²) in [5.41, 5.74) is 2.96. The zero-order valence-corrected chi connectivity index (χ0v) is 15.6. The summed E-state index contributed by atoms with van der Waals surface area (Å²) in [5.74, 6) is 0.0815. The predicted octanol–water partition coefficient (Wildman–Crippen LogP) is 4.18. The van der Waals surface area contributed by atoms with E-state index in [0.717, 1.165) is 30.4 Å². The van der Waals surface area contributed by atoms with Gasteiger partial charge in [-0.2, -0.15) is 5.10 Å². The van der Waals surface area contributed by atoms with E-state index in [2.05, 4.69) is 22.1 Å². The maximum absolute atomic E-state index is 13.0. The third-order valence-corrected chi connectivity index (χ3v) is 4.66. The molecule has 2 heterocycles. The molecule has 0 aliphatic carbocycles. The van der Waals surface area contributed by atoms with Gasteiger partial charge in [0, 0.05) is 25.0 Å². The summed E-state index contributed by atoms with van der Waals surface area (Å²) in [6, 6.07) is 12.3. The van der Waals surface area contributed by atoms with Crippen LogP contribution in [0.1, 0.15) is 48.3 Å². The van der Waals surface area contributed by atoms with E-state index in [1.807, 2.05) is 25.4 Å². The van der Waals surface area contributed by atoms with Crippen molar-refractivity contribution in [2.24, 2.45) is 0 Å². The minimum Gasteiger partial charge on any atom is -0.508 e. The number of aromatic nitrogens is 3. The Morgan fingerprint density at radius 3 is 2.70 bits per heavy atom. The van der Waals surface area contributed by atoms with Crippen LogP contribution in [0.15, 0.2) is 54.9 Å². The number of unbranched alkanes of at least 4 members (excludes halogenated alkanes) is 1. The minimum atomic E-state index is -0.113. The normalized spacial score (nSPS) is 11.9. The monoisotopic (exact) mass is 364 g/mol. The number of nitrogens with zero attached hydrogens (tertiary/aromatic N) is 3. The maximum atomic E-state index is 13.0. The fourth-order valence-electron chi connectivity index (χ4n) is 3.10. The summed E-state index contributed by atoms with van der Waals surface area (Å²) >= 11 is 0. The Balaban J connectivity index is 1.81. The first kappa shape index (κ1) is 18.6. The summed E-state index contributed by atoms with van der Waals surface area (Å²) in [5, 5.41) is 16.5. The van der Waals surface area contributed by atoms with Crippen LogP contribution in [0.2, 0.25) is 0 Å². The summed E-state index contributed by atoms with van der Waals surface area (Å²) in [4.78, 5) is 19.0. The number of carbonyl (C=O) groups excluding carboxylic acids is 1. The van der Waals surface area contributed by atoms with Crippen molar-refractivity contribution < 1.29 is 9.90 Å². The van der Waals surface area contributed by atoms with Crippen LogP contribution in [0.5, 0.6) is 5.75 Å². The Hall–Kier alpha value is -3.15. The molecule has 3 rings (SSSR count). The molecule has 6 nitrogen and oxygen atoms in total. The Bertz CT molecular complexity index is 875. The van der Waals surface area contributed by atoms with Crippen molar-refractivity contribution in [3.05, 3.63) is 66.1 Å². The highest BCUT2D eigenvalue weighted by Gasteiger charge is 2.24. The molecule has 0 aliphatic rings. The molecule has 1 atom stereocenters. The first-order valence-electron chi connectivity index (χ1n) is 9.12. The number of benzene rings is 1. The fraction of sp³-hybridized carbons (Fsp3) is 0.286. The molecule has 0 unspecified atom stereocenters. The number of H-pyrrole nitrogens is 1. The van der Waals surface area contributed by atoms with Gasteiger partial charge in [-0.25, -0.2) is 0 Å². The second-order valence-electron chi connectivity index (χ2n) is 6.57. The number of carbonyl (C=O) groups is 1. The summed E-state index contributed by atoms with van der Waals surface area (Å²) in [6.45, 7) is 2.14. The lowest BCUT2D eigenvalue weighted by Crippen LogP contribution is -2.31. The molecule has 140 valence electrons. The molecule has 6 heteroatoms. The molecule has 0 aliphatic heterocycles. The molecule has 0 spiro atoms. The van der Waals surface area contributed by atoms with Crippen LogP contribution in [-0.2, 0) is 0 Å². The summed E-state index contributed by atoms with van der Waals surface area (Å²) in [7, 11) is 1.82. The van der Waals surface area contributed by atoms with Crippen LogP contribution < -0.4 is 0 Å². The quantitative estimate of drug-likeness (QED) is 0.659. The number of phenolic OH excluding ortho intramolecular Hbond substituents is 1. The second-order valence-corrected chi connectivity index (χ2v) is 6.57. The van der Waals surface area contributed by atoms with Crippen molar-refractivity contribution in [3.8, 4) is 17.0 Å². The second kappa shape index (κ2) is 8.49. The van der Waals surface area contributed by atoms with Gasteiger partial charge in [0.15, 0.2) is 0 Å². The van der Waals surface area contributed by atoms with Crippen LogP contribution >= 0.6 is 0 Å². The van der Waals surface area contributed by atoms with Crippen LogP contribution in [-0.4, -0.2) is 38.1 Å². The number of amides is 1. The molecule has 3 aromatic rings. The van der Waals surface area contributed by atoms with Gasteiger partial charge in [0.2, 0.25) is 0 Å². The van der Waals surface area contributed by atoms with Gasteiger partial charge in [-0.15, -0.1) is 0 Å². The molecular weight excluding hydrogens is 340 g/mol. The zero-order chi connectivity index (χ0) is 19.2. The van der Waals surface area contributed by atoms with E-state index in [-0.39, 0.29) is 17.7 Å². The molecule has 0 bridgehead atoms. The van der Waals surface area contributed by atoms with E-state index in [9.17, 15) is 9.90 Å². The Kier molecular flexibility index (Phi) is 5.86. The first-order valence-corrected chi connectivity index (χ1v) is 9.12. The van der Waals surface area contributed by atoms with E-state index in [4.69, 9.17) is 0 Å². The average molecular weight is 364 g/mol. The molecule has 0 saturated heterocycles. The van der Waals surface area contributed by atoms with Crippen molar-refractivity contribution in [2.75, 3.05) is 7.05 Å². The number of rotatable bonds is 7. The lowest BCUT2D eigenvalue weighted by molar-refractivity contribution is 0.0714.